The molecule has 0 bridgehead atoms. The molecule has 116 valence electrons. The van der Waals surface area contributed by atoms with Crippen LogP contribution in [0.3, 0.4) is 0 Å². The third kappa shape index (κ3) is 3.26. The van der Waals surface area contributed by atoms with Crippen LogP contribution in [0.15, 0.2) is 0 Å². The van der Waals surface area contributed by atoms with E-state index in [1.807, 2.05) is 0 Å². The number of aromatic nitrogens is 1. The van der Waals surface area contributed by atoms with Gasteiger partial charge in [-0.15, -0.1) is 0 Å². The summed E-state index contributed by atoms with van der Waals surface area (Å²) in [6, 6.07) is 0. The van der Waals surface area contributed by atoms with Gasteiger partial charge in [-0.3, -0.25) is 4.79 Å². The molecule has 1 amide bonds. The molecule has 6 heteroatoms. The third-order valence-electron chi connectivity index (χ3n) is 4.20. The Balaban J connectivity index is 2.11. The molecule has 2 rings (SSSR count). The maximum absolute atomic E-state index is 12.5. The fraction of sp³-hybridized carbons (Fsp3) is 0.667. The minimum atomic E-state index is -0.376. The van der Waals surface area contributed by atoms with Crippen molar-refractivity contribution in [2.24, 2.45) is 5.41 Å². The van der Waals surface area contributed by atoms with Crippen LogP contribution in [-0.4, -0.2) is 23.5 Å². The van der Waals surface area contributed by atoms with Crippen LogP contribution in [0.25, 0.3) is 0 Å². The first-order chi connectivity index (χ1) is 10.0. The summed E-state index contributed by atoms with van der Waals surface area (Å²) in [6.07, 6.45) is 4.92. The average molecular weight is 310 g/mol. The largest absolute Gasteiger partial charge is 0.462 e. The highest BCUT2D eigenvalue weighted by Gasteiger charge is 2.39. The third-order valence-corrected chi connectivity index (χ3v) is 5.25. The molecule has 1 aromatic rings. The number of amides is 1. The molecule has 21 heavy (non-hydrogen) atoms. The Bertz CT molecular complexity index is 533. The van der Waals surface area contributed by atoms with E-state index in [0.717, 1.165) is 32.1 Å². The Morgan fingerprint density at radius 1 is 1.33 bits per heavy atom. The van der Waals surface area contributed by atoms with Gasteiger partial charge in [-0.2, -0.15) is 0 Å². The van der Waals surface area contributed by atoms with Gasteiger partial charge in [0.1, 0.15) is 4.88 Å². The van der Waals surface area contributed by atoms with Crippen molar-refractivity contribution in [1.29, 1.82) is 0 Å². The van der Waals surface area contributed by atoms with Gasteiger partial charge in [0.25, 0.3) is 0 Å². The average Bonchev–Trinajstić information content (AvgIpc) is 3.06. The first kappa shape index (κ1) is 15.9. The highest BCUT2D eigenvalue weighted by molar-refractivity contribution is 7.17. The lowest BCUT2D eigenvalue weighted by atomic mass is 9.82. The van der Waals surface area contributed by atoms with Crippen molar-refractivity contribution in [3.05, 3.63) is 10.6 Å². The van der Waals surface area contributed by atoms with Gasteiger partial charge in [0, 0.05) is 5.41 Å². The fourth-order valence-electron chi connectivity index (χ4n) is 2.86. The predicted molar refractivity (Wildman–Crippen MR) is 82.6 cm³/mol. The maximum atomic E-state index is 12.5. The normalized spacial score (nSPS) is 16.7. The van der Waals surface area contributed by atoms with E-state index in [1.54, 1.807) is 13.8 Å². The molecular formula is C15H22N2O3S. The molecule has 1 aromatic heterocycles. The number of anilines is 1. The fourth-order valence-corrected chi connectivity index (χ4v) is 3.71. The van der Waals surface area contributed by atoms with Crippen LogP contribution in [0.1, 0.15) is 61.3 Å². The molecule has 1 N–H and O–H groups in total. The zero-order valence-electron chi connectivity index (χ0n) is 12.8. The molecule has 1 fully saturated rings. The zero-order chi connectivity index (χ0) is 15.5. The number of aryl methyl sites for hydroxylation is 1. The molecule has 0 aromatic carbocycles. The Kier molecular flexibility index (Phi) is 4.98. The molecule has 5 nitrogen and oxygen atoms in total. The second-order valence-corrected chi connectivity index (χ2v) is 6.45. The predicted octanol–water partition coefficient (Wildman–Crippen LogP) is 3.54. The molecular weight excluding hydrogens is 288 g/mol. The van der Waals surface area contributed by atoms with Crippen LogP contribution in [0, 0.1) is 12.3 Å². The van der Waals surface area contributed by atoms with Crippen molar-refractivity contribution in [2.75, 3.05) is 11.9 Å². The first-order valence-corrected chi connectivity index (χ1v) is 8.30. The number of thiazole rings is 1. The Morgan fingerprint density at radius 3 is 2.57 bits per heavy atom. The molecule has 1 heterocycles. The van der Waals surface area contributed by atoms with E-state index in [1.165, 1.54) is 11.3 Å². The highest BCUT2D eigenvalue weighted by Crippen LogP contribution is 2.42. The van der Waals surface area contributed by atoms with Gasteiger partial charge in [0.2, 0.25) is 5.91 Å². The number of carbonyl (C=O) groups is 2. The number of carbonyl (C=O) groups excluding carboxylic acids is 2. The van der Waals surface area contributed by atoms with E-state index >= 15 is 0 Å². The topological polar surface area (TPSA) is 68.3 Å². The van der Waals surface area contributed by atoms with Crippen LogP contribution < -0.4 is 5.32 Å². The van der Waals surface area contributed by atoms with Gasteiger partial charge < -0.3 is 10.1 Å². The summed E-state index contributed by atoms with van der Waals surface area (Å²) in [5.74, 6) is -0.342. The Labute approximate surface area is 129 Å². The molecule has 0 radical (unpaired) electrons. The highest BCUT2D eigenvalue weighted by atomic mass is 32.1. The molecule has 0 saturated heterocycles. The minimum Gasteiger partial charge on any atom is -0.462 e. The van der Waals surface area contributed by atoms with Crippen LogP contribution >= 0.6 is 11.3 Å². The lowest BCUT2D eigenvalue weighted by molar-refractivity contribution is -0.125. The zero-order valence-corrected chi connectivity index (χ0v) is 13.6. The summed E-state index contributed by atoms with van der Waals surface area (Å²) in [7, 11) is 0. The summed E-state index contributed by atoms with van der Waals surface area (Å²) in [5.41, 5.74) is 0.342. The van der Waals surface area contributed by atoms with Crippen molar-refractivity contribution >= 4 is 28.3 Å². The van der Waals surface area contributed by atoms with Gasteiger partial charge in [-0.1, -0.05) is 31.1 Å². The molecule has 0 spiro atoms. The number of rotatable bonds is 5. The van der Waals surface area contributed by atoms with Crippen molar-refractivity contribution in [2.45, 2.75) is 52.9 Å². The van der Waals surface area contributed by atoms with E-state index in [4.69, 9.17) is 4.74 Å². The van der Waals surface area contributed by atoms with E-state index in [9.17, 15) is 9.59 Å². The van der Waals surface area contributed by atoms with Gasteiger partial charge in [-0.25, -0.2) is 9.78 Å². The summed E-state index contributed by atoms with van der Waals surface area (Å²) in [6.45, 7) is 5.91. The second kappa shape index (κ2) is 6.56. The van der Waals surface area contributed by atoms with E-state index in [2.05, 4.69) is 17.2 Å². The lowest BCUT2D eigenvalue weighted by Gasteiger charge is -2.25. The molecule has 0 atom stereocenters. The monoisotopic (exact) mass is 310 g/mol. The summed E-state index contributed by atoms with van der Waals surface area (Å²) < 4.78 is 4.99. The SMILES string of the molecule is CCOC(=O)c1sc(NC(=O)C2(CC)CCCC2)nc1C. The maximum Gasteiger partial charge on any atom is 0.350 e. The van der Waals surface area contributed by atoms with Gasteiger partial charge in [0.05, 0.1) is 12.3 Å². The first-order valence-electron chi connectivity index (χ1n) is 7.48. The summed E-state index contributed by atoms with van der Waals surface area (Å²) in [5, 5.41) is 3.38. The van der Waals surface area contributed by atoms with Crippen molar-refractivity contribution in [1.82, 2.24) is 4.98 Å². The smallest absolute Gasteiger partial charge is 0.350 e. The van der Waals surface area contributed by atoms with Crippen LogP contribution in [0.2, 0.25) is 0 Å². The van der Waals surface area contributed by atoms with Crippen molar-refractivity contribution in [3.63, 3.8) is 0 Å². The number of nitrogens with zero attached hydrogens (tertiary/aromatic N) is 1. The van der Waals surface area contributed by atoms with Gasteiger partial charge in [0.15, 0.2) is 5.13 Å². The number of hydrogen-bond acceptors (Lipinski definition) is 5. The number of ether oxygens (including phenoxy) is 1. The van der Waals surface area contributed by atoms with Gasteiger partial charge >= 0.3 is 5.97 Å². The molecule has 1 saturated carbocycles. The number of esters is 1. The van der Waals surface area contributed by atoms with E-state index in [-0.39, 0.29) is 17.3 Å². The Hall–Kier alpha value is -1.43. The summed E-state index contributed by atoms with van der Waals surface area (Å²) in [4.78, 5) is 29.0. The van der Waals surface area contributed by atoms with Crippen LogP contribution in [0.4, 0.5) is 5.13 Å². The lowest BCUT2D eigenvalue weighted by Crippen LogP contribution is -2.33. The quantitative estimate of drug-likeness (QED) is 0.845. The van der Waals surface area contributed by atoms with Crippen LogP contribution in [0.5, 0.6) is 0 Å². The second-order valence-electron chi connectivity index (χ2n) is 5.45. The summed E-state index contributed by atoms with van der Waals surface area (Å²) >= 11 is 1.19. The number of nitrogens with one attached hydrogen (secondary N) is 1. The molecule has 1 aliphatic rings. The standard InChI is InChI=1S/C15H22N2O3S/c1-4-15(8-6-7-9-15)13(19)17-14-16-10(3)11(21-14)12(18)20-5-2/h4-9H2,1-3H3,(H,16,17,19). The Morgan fingerprint density at radius 2 is 2.00 bits per heavy atom. The molecule has 0 aliphatic heterocycles. The van der Waals surface area contributed by atoms with Crippen molar-refractivity contribution < 1.29 is 14.3 Å². The molecule has 1 aliphatic carbocycles. The molecule has 0 unspecified atom stereocenters. The van der Waals surface area contributed by atoms with Gasteiger partial charge in [-0.05, 0) is 33.1 Å². The van der Waals surface area contributed by atoms with E-state index < -0.39 is 0 Å². The number of hydrogen-bond donors (Lipinski definition) is 1. The van der Waals surface area contributed by atoms with Crippen molar-refractivity contribution in [3.8, 4) is 0 Å². The minimum absolute atomic E-state index is 0.0339. The van der Waals surface area contributed by atoms with Crippen LogP contribution in [-0.2, 0) is 9.53 Å². The van der Waals surface area contributed by atoms with E-state index in [0.29, 0.717) is 22.3 Å².